The SMILES string of the molecule is CN(CCOCC1CC1)CC1CCC(N)C1. The Labute approximate surface area is 99.3 Å². The average Bonchev–Trinajstić information content (AvgIpc) is 2.98. The van der Waals surface area contributed by atoms with Crippen LogP contribution in [0.15, 0.2) is 0 Å². The molecule has 0 aliphatic heterocycles. The van der Waals surface area contributed by atoms with Gasteiger partial charge < -0.3 is 15.4 Å². The molecule has 0 amide bonds. The van der Waals surface area contributed by atoms with E-state index in [0.29, 0.717) is 6.04 Å². The summed E-state index contributed by atoms with van der Waals surface area (Å²) in [7, 11) is 2.20. The van der Waals surface area contributed by atoms with Crippen molar-refractivity contribution in [2.45, 2.75) is 38.1 Å². The van der Waals surface area contributed by atoms with Crippen molar-refractivity contribution in [3.63, 3.8) is 0 Å². The summed E-state index contributed by atoms with van der Waals surface area (Å²) in [4.78, 5) is 2.40. The molecule has 2 atom stereocenters. The quantitative estimate of drug-likeness (QED) is 0.668. The molecule has 0 radical (unpaired) electrons. The van der Waals surface area contributed by atoms with Gasteiger partial charge in [0.15, 0.2) is 0 Å². The third-order valence-electron chi connectivity index (χ3n) is 3.82. The van der Waals surface area contributed by atoms with Crippen molar-refractivity contribution in [2.24, 2.45) is 17.6 Å². The average molecular weight is 226 g/mol. The van der Waals surface area contributed by atoms with Crippen molar-refractivity contribution in [1.29, 1.82) is 0 Å². The van der Waals surface area contributed by atoms with Gasteiger partial charge in [0, 0.05) is 25.7 Å². The largest absolute Gasteiger partial charge is 0.380 e. The van der Waals surface area contributed by atoms with Gasteiger partial charge in [0.25, 0.3) is 0 Å². The lowest BCUT2D eigenvalue weighted by molar-refractivity contribution is 0.0993. The molecule has 16 heavy (non-hydrogen) atoms. The molecule has 0 spiro atoms. The zero-order valence-electron chi connectivity index (χ0n) is 10.5. The first kappa shape index (κ1) is 12.3. The van der Waals surface area contributed by atoms with E-state index in [1.54, 1.807) is 0 Å². The summed E-state index contributed by atoms with van der Waals surface area (Å²) in [6.45, 7) is 4.15. The third-order valence-corrected chi connectivity index (χ3v) is 3.82. The third kappa shape index (κ3) is 4.40. The van der Waals surface area contributed by atoms with E-state index in [9.17, 15) is 0 Å². The molecule has 2 saturated carbocycles. The van der Waals surface area contributed by atoms with E-state index in [1.165, 1.54) is 38.6 Å². The molecule has 3 heteroatoms. The van der Waals surface area contributed by atoms with Crippen LogP contribution in [-0.4, -0.2) is 44.3 Å². The second-order valence-electron chi connectivity index (χ2n) is 5.72. The molecule has 0 aromatic rings. The molecule has 2 fully saturated rings. The van der Waals surface area contributed by atoms with E-state index in [4.69, 9.17) is 10.5 Å². The number of ether oxygens (including phenoxy) is 1. The highest BCUT2D eigenvalue weighted by Gasteiger charge is 2.23. The molecule has 2 unspecified atom stereocenters. The second-order valence-corrected chi connectivity index (χ2v) is 5.72. The van der Waals surface area contributed by atoms with E-state index in [-0.39, 0.29) is 0 Å². The summed E-state index contributed by atoms with van der Waals surface area (Å²) in [6, 6.07) is 0.463. The minimum atomic E-state index is 0.463. The molecule has 2 N–H and O–H groups in total. The van der Waals surface area contributed by atoms with Crippen molar-refractivity contribution in [2.75, 3.05) is 33.4 Å². The first-order valence-corrected chi connectivity index (χ1v) is 6.76. The number of rotatable bonds is 7. The highest BCUT2D eigenvalue weighted by Crippen LogP contribution is 2.28. The maximum absolute atomic E-state index is 5.92. The Hall–Kier alpha value is -0.120. The zero-order chi connectivity index (χ0) is 11.4. The number of hydrogen-bond donors (Lipinski definition) is 1. The Morgan fingerprint density at radius 2 is 1.94 bits per heavy atom. The van der Waals surface area contributed by atoms with Gasteiger partial charge in [-0.05, 0) is 51.0 Å². The molecule has 0 saturated heterocycles. The highest BCUT2D eigenvalue weighted by atomic mass is 16.5. The summed E-state index contributed by atoms with van der Waals surface area (Å²) in [5.41, 5.74) is 5.92. The smallest absolute Gasteiger partial charge is 0.0593 e. The number of nitrogens with two attached hydrogens (primary N) is 1. The Morgan fingerprint density at radius 3 is 2.56 bits per heavy atom. The zero-order valence-corrected chi connectivity index (χ0v) is 10.5. The van der Waals surface area contributed by atoms with Gasteiger partial charge in [0.1, 0.15) is 0 Å². The minimum Gasteiger partial charge on any atom is -0.380 e. The molecule has 0 aromatic carbocycles. The molecule has 94 valence electrons. The summed E-state index contributed by atoms with van der Waals surface area (Å²) < 4.78 is 5.65. The van der Waals surface area contributed by atoms with Gasteiger partial charge >= 0.3 is 0 Å². The van der Waals surface area contributed by atoms with Crippen LogP contribution in [0.5, 0.6) is 0 Å². The van der Waals surface area contributed by atoms with Crippen LogP contribution in [0.4, 0.5) is 0 Å². The van der Waals surface area contributed by atoms with Crippen LogP contribution < -0.4 is 5.73 Å². The maximum atomic E-state index is 5.92. The van der Waals surface area contributed by atoms with Crippen LogP contribution in [0.1, 0.15) is 32.1 Å². The van der Waals surface area contributed by atoms with Crippen molar-refractivity contribution < 1.29 is 4.74 Å². The maximum Gasteiger partial charge on any atom is 0.0593 e. The van der Waals surface area contributed by atoms with Crippen molar-refractivity contribution in [1.82, 2.24) is 4.90 Å². The number of nitrogens with zero attached hydrogens (tertiary/aromatic N) is 1. The molecular weight excluding hydrogens is 200 g/mol. The monoisotopic (exact) mass is 226 g/mol. The van der Waals surface area contributed by atoms with E-state index >= 15 is 0 Å². The Morgan fingerprint density at radius 1 is 1.19 bits per heavy atom. The first-order chi connectivity index (χ1) is 7.74. The van der Waals surface area contributed by atoms with Crippen molar-refractivity contribution >= 4 is 0 Å². The van der Waals surface area contributed by atoms with Crippen LogP contribution in [0.3, 0.4) is 0 Å². The highest BCUT2D eigenvalue weighted by molar-refractivity contribution is 4.79. The lowest BCUT2D eigenvalue weighted by Gasteiger charge is -2.20. The molecule has 0 heterocycles. The van der Waals surface area contributed by atoms with E-state index in [2.05, 4.69) is 11.9 Å². The number of likely N-dealkylation sites (N-methyl/N-ethyl adjacent to an activating group) is 1. The molecule has 2 rings (SSSR count). The van der Waals surface area contributed by atoms with Gasteiger partial charge in [0.2, 0.25) is 0 Å². The number of hydrogen-bond acceptors (Lipinski definition) is 3. The summed E-state index contributed by atoms with van der Waals surface area (Å²) in [5, 5.41) is 0. The predicted octanol–water partition coefficient (Wildman–Crippen LogP) is 1.47. The summed E-state index contributed by atoms with van der Waals surface area (Å²) in [6.07, 6.45) is 6.52. The summed E-state index contributed by atoms with van der Waals surface area (Å²) in [5.74, 6) is 1.71. The fraction of sp³-hybridized carbons (Fsp3) is 1.00. The molecule has 3 nitrogen and oxygen atoms in total. The Balaban J connectivity index is 1.48. The topological polar surface area (TPSA) is 38.5 Å². The predicted molar refractivity (Wildman–Crippen MR) is 66.4 cm³/mol. The first-order valence-electron chi connectivity index (χ1n) is 6.76. The molecule has 0 aromatic heterocycles. The van der Waals surface area contributed by atoms with Crippen LogP contribution in [0.2, 0.25) is 0 Å². The standard InChI is InChI=1S/C13H26N2O/c1-15(6-7-16-10-11-2-3-11)9-12-4-5-13(14)8-12/h11-13H,2-10,14H2,1H3. The summed E-state index contributed by atoms with van der Waals surface area (Å²) >= 11 is 0. The van der Waals surface area contributed by atoms with Gasteiger partial charge in [-0.1, -0.05) is 0 Å². The second kappa shape index (κ2) is 5.99. The van der Waals surface area contributed by atoms with E-state index in [1.807, 2.05) is 0 Å². The van der Waals surface area contributed by atoms with Gasteiger partial charge in [-0.2, -0.15) is 0 Å². The Kier molecular flexibility index (Phi) is 4.62. The molecule has 2 aliphatic carbocycles. The lowest BCUT2D eigenvalue weighted by atomic mass is 10.1. The van der Waals surface area contributed by atoms with Gasteiger partial charge in [-0.3, -0.25) is 0 Å². The lowest BCUT2D eigenvalue weighted by Crippen LogP contribution is -2.29. The normalized spacial score (nSPS) is 30.2. The van der Waals surface area contributed by atoms with Crippen LogP contribution in [0.25, 0.3) is 0 Å². The molecular formula is C13H26N2O. The van der Waals surface area contributed by atoms with Gasteiger partial charge in [-0.15, -0.1) is 0 Å². The fourth-order valence-electron chi connectivity index (χ4n) is 2.57. The molecule has 2 aliphatic rings. The Bertz CT molecular complexity index is 206. The van der Waals surface area contributed by atoms with Crippen LogP contribution >= 0.6 is 0 Å². The van der Waals surface area contributed by atoms with Crippen molar-refractivity contribution in [3.8, 4) is 0 Å². The molecule has 0 bridgehead atoms. The van der Waals surface area contributed by atoms with Crippen LogP contribution in [0, 0.1) is 11.8 Å². The van der Waals surface area contributed by atoms with Crippen molar-refractivity contribution in [3.05, 3.63) is 0 Å². The van der Waals surface area contributed by atoms with E-state index in [0.717, 1.165) is 31.6 Å². The minimum absolute atomic E-state index is 0.463. The van der Waals surface area contributed by atoms with E-state index < -0.39 is 0 Å². The van der Waals surface area contributed by atoms with Gasteiger partial charge in [0.05, 0.1) is 6.61 Å². The fourth-order valence-corrected chi connectivity index (χ4v) is 2.57. The van der Waals surface area contributed by atoms with Gasteiger partial charge in [-0.25, -0.2) is 0 Å². The van der Waals surface area contributed by atoms with Crippen LogP contribution in [-0.2, 0) is 4.74 Å².